The highest BCUT2D eigenvalue weighted by molar-refractivity contribution is 7.91. The Balaban J connectivity index is 3.64. The zero-order valence-corrected chi connectivity index (χ0v) is 25.9. The Morgan fingerprint density at radius 2 is 1.25 bits per heavy atom. The van der Waals surface area contributed by atoms with Crippen LogP contribution in [0.4, 0.5) is 0 Å². The highest BCUT2D eigenvalue weighted by Crippen LogP contribution is 2.43. The fourth-order valence-electron chi connectivity index (χ4n) is 3.93. The van der Waals surface area contributed by atoms with Gasteiger partial charge in [-0.15, -0.1) is 0 Å². The summed E-state index contributed by atoms with van der Waals surface area (Å²) in [6.07, 6.45) is 20.6. The van der Waals surface area contributed by atoms with Crippen molar-refractivity contribution in [2.45, 2.75) is 116 Å². The number of hydrogen-bond acceptors (Lipinski definition) is 5. The molecule has 3 atom stereocenters. The van der Waals surface area contributed by atoms with E-state index in [4.69, 9.17) is 13.8 Å². The van der Waals surface area contributed by atoms with Gasteiger partial charge in [-0.25, -0.2) is 4.57 Å². The summed E-state index contributed by atoms with van der Waals surface area (Å²) in [7, 11) is 3.29. The Labute approximate surface area is 226 Å². The number of nitrogens with zero attached hydrogens (tertiary/aromatic N) is 1. The number of likely N-dealkylation sites (N-methyl/N-ethyl adjacent to an activating group) is 1. The summed E-state index contributed by atoms with van der Waals surface area (Å²) in [6, 6.07) is 0. The topological polar surface area (TPSA) is 88.1 Å². The molecule has 0 aliphatic heterocycles. The van der Waals surface area contributed by atoms with Gasteiger partial charge < -0.3 is 18.7 Å². The van der Waals surface area contributed by atoms with Crippen LogP contribution < -0.4 is 0 Å². The van der Waals surface area contributed by atoms with Gasteiger partial charge >= 0.3 is 7.82 Å². The van der Waals surface area contributed by atoms with Crippen molar-refractivity contribution in [3.05, 3.63) is 0 Å². The van der Waals surface area contributed by atoms with Gasteiger partial charge in [0.2, 0.25) is 0 Å². The molecule has 3 unspecified atom stereocenters. The summed E-state index contributed by atoms with van der Waals surface area (Å²) in [5.41, 5.74) is 0. The molecule has 36 heavy (non-hydrogen) atoms. The molecule has 0 heterocycles. The lowest BCUT2D eigenvalue weighted by Crippen LogP contribution is -2.37. The number of unbranched alkanes of at least 4 members (excludes halogenated alkanes) is 15. The number of hydrogen-bond donors (Lipinski definition) is 1. The third-order valence-corrected chi connectivity index (χ3v) is 8.84. The van der Waals surface area contributed by atoms with Crippen molar-refractivity contribution in [3.8, 4) is 0 Å². The molecule has 0 fully saturated rings. The summed E-state index contributed by atoms with van der Waals surface area (Å²) in [4.78, 5) is 9.82. The predicted octanol–water partition coefficient (Wildman–Crippen LogP) is 6.85. The largest absolute Gasteiger partial charge is 0.616 e. The van der Waals surface area contributed by atoms with Crippen LogP contribution in [-0.2, 0) is 29.5 Å². The molecule has 0 amide bonds. The van der Waals surface area contributed by atoms with E-state index in [0.717, 1.165) is 12.8 Å². The van der Waals surface area contributed by atoms with Crippen molar-refractivity contribution in [2.24, 2.45) is 0 Å². The minimum absolute atomic E-state index is 0.112. The molecule has 0 bridgehead atoms. The normalized spacial score (nSPS) is 15.6. The van der Waals surface area contributed by atoms with Gasteiger partial charge in [-0.2, -0.15) is 0 Å². The molecule has 0 spiro atoms. The Morgan fingerprint density at radius 1 is 0.806 bits per heavy atom. The maximum absolute atomic E-state index is 12.4. The van der Waals surface area contributed by atoms with Crippen LogP contribution in [0.3, 0.4) is 0 Å². The van der Waals surface area contributed by atoms with Crippen LogP contribution in [0.25, 0.3) is 0 Å². The third-order valence-electron chi connectivity index (χ3n) is 6.37. The SMILES string of the molecule is CCCCCCCCCCCCCCCCCC[S+]([O-])CC(COP(=O)(O)OCC[N+](C)(C)C)OC. The van der Waals surface area contributed by atoms with E-state index >= 15 is 0 Å². The van der Waals surface area contributed by atoms with Crippen molar-refractivity contribution in [3.63, 3.8) is 0 Å². The summed E-state index contributed by atoms with van der Waals surface area (Å²) < 4.78 is 40.4. The Morgan fingerprint density at radius 3 is 1.67 bits per heavy atom. The molecule has 0 aromatic carbocycles. The molecule has 7 nitrogen and oxygen atoms in total. The number of phosphoric ester groups is 1. The highest BCUT2D eigenvalue weighted by atomic mass is 32.2. The van der Waals surface area contributed by atoms with Crippen molar-refractivity contribution >= 4 is 19.0 Å². The average molecular weight is 557 g/mol. The lowest BCUT2D eigenvalue weighted by atomic mass is 10.0. The number of rotatable bonds is 27. The predicted molar refractivity (Wildman–Crippen MR) is 153 cm³/mol. The molecule has 0 saturated heterocycles. The van der Waals surface area contributed by atoms with Crippen LogP contribution in [-0.4, -0.2) is 79.6 Å². The molecule has 0 aromatic rings. The highest BCUT2D eigenvalue weighted by Gasteiger charge is 2.26. The minimum Gasteiger partial charge on any atom is -0.616 e. The van der Waals surface area contributed by atoms with Gasteiger partial charge in [-0.3, -0.25) is 9.05 Å². The minimum atomic E-state index is -4.13. The first-order chi connectivity index (χ1) is 17.1. The number of methoxy groups -OCH3 is 1. The van der Waals surface area contributed by atoms with Gasteiger partial charge in [-0.05, 0) is 12.8 Å². The number of ether oxygens (including phenoxy) is 1. The van der Waals surface area contributed by atoms with Crippen molar-refractivity contribution < 1.29 is 32.3 Å². The second-order valence-electron chi connectivity index (χ2n) is 11.1. The Kier molecular flexibility index (Phi) is 23.5. The summed E-state index contributed by atoms with van der Waals surface area (Å²) in [5.74, 6) is 0.934. The molecule has 9 heteroatoms. The lowest BCUT2D eigenvalue weighted by molar-refractivity contribution is -0.870. The smallest absolute Gasteiger partial charge is 0.472 e. The second kappa shape index (κ2) is 23.2. The van der Waals surface area contributed by atoms with Gasteiger partial charge in [0.1, 0.15) is 30.8 Å². The quantitative estimate of drug-likeness (QED) is 0.0515. The van der Waals surface area contributed by atoms with E-state index in [-0.39, 0.29) is 13.2 Å². The molecular formula is C27H59NO6PS+. The lowest BCUT2D eigenvalue weighted by Gasteiger charge is -2.24. The summed E-state index contributed by atoms with van der Waals surface area (Å²) >= 11 is -1.03. The van der Waals surface area contributed by atoms with Crippen LogP contribution in [0.15, 0.2) is 0 Å². The molecule has 218 valence electrons. The van der Waals surface area contributed by atoms with Crippen molar-refractivity contribution in [1.82, 2.24) is 0 Å². The molecule has 0 saturated carbocycles. The molecule has 0 radical (unpaired) electrons. The zero-order chi connectivity index (χ0) is 27.1. The van der Waals surface area contributed by atoms with Gasteiger partial charge in [0.05, 0.1) is 27.7 Å². The molecular weight excluding hydrogens is 497 g/mol. The van der Waals surface area contributed by atoms with Crippen LogP contribution >= 0.6 is 7.82 Å². The van der Waals surface area contributed by atoms with Gasteiger partial charge in [-0.1, -0.05) is 108 Å². The second-order valence-corrected chi connectivity index (χ2v) is 14.2. The molecule has 0 rings (SSSR count). The maximum atomic E-state index is 12.4. The van der Waals surface area contributed by atoms with E-state index in [9.17, 15) is 14.0 Å². The van der Waals surface area contributed by atoms with Crippen LogP contribution in [0.1, 0.15) is 110 Å². The van der Waals surface area contributed by atoms with Crippen LogP contribution in [0, 0.1) is 0 Å². The van der Waals surface area contributed by atoms with Crippen molar-refractivity contribution in [1.29, 1.82) is 0 Å². The van der Waals surface area contributed by atoms with E-state index in [1.165, 1.54) is 97.0 Å². The van der Waals surface area contributed by atoms with Gasteiger partial charge in [0.15, 0.2) is 0 Å². The first-order valence-electron chi connectivity index (χ1n) is 14.4. The first-order valence-corrected chi connectivity index (χ1v) is 17.4. The fourth-order valence-corrected chi connectivity index (χ4v) is 6.01. The van der Waals surface area contributed by atoms with Crippen molar-refractivity contribution in [2.75, 3.05) is 59.5 Å². The standard InChI is InChI=1S/C27H58NO6PS/c1-6-7-8-9-10-11-12-13-14-15-16-17-18-19-20-21-24-36(31)26-27(32-5)25-34-35(29,30)33-23-22-28(2,3)4/h27H,6-26H2,1-5H3/p+1. The van der Waals surface area contributed by atoms with Gasteiger partial charge in [0, 0.05) is 7.11 Å². The third kappa shape index (κ3) is 26.0. The molecule has 0 aromatic heterocycles. The Bertz CT molecular complexity index is 535. The number of phosphoric acid groups is 1. The monoisotopic (exact) mass is 556 g/mol. The van der Waals surface area contributed by atoms with E-state index in [0.29, 0.717) is 22.5 Å². The average Bonchev–Trinajstić information content (AvgIpc) is 2.80. The molecule has 0 aliphatic rings. The first kappa shape index (κ1) is 36.3. The van der Waals surface area contributed by atoms with E-state index < -0.39 is 25.1 Å². The van der Waals surface area contributed by atoms with Gasteiger partial charge in [0.25, 0.3) is 0 Å². The molecule has 1 N–H and O–H groups in total. The number of quaternary nitrogens is 1. The maximum Gasteiger partial charge on any atom is 0.472 e. The zero-order valence-electron chi connectivity index (χ0n) is 24.2. The summed E-state index contributed by atoms with van der Waals surface area (Å²) in [6.45, 7) is 2.87. The Hall–Kier alpha value is 0.340. The summed E-state index contributed by atoms with van der Waals surface area (Å²) in [5, 5.41) is 0. The van der Waals surface area contributed by atoms with E-state index in [2.05, 4.69) is 6.92 Å². The molecule has 0 aliphatic carbocycles. The van der Waals surface area contributed by atoms with E-state index in [1.54, 1.807) is 0 Å². The fraction of sp³-hybridized carbons (Fsp3) is 1.00. The van der Waals surface area contributed by atoms with E-state index in [1.807, 2.05) is 21.1 Å². The van der Waals surface area contributed by atoms with Crippen LogP contribution in [0.5, 0.6) is 0 Å². The van der Waals surface area contributed by atoms with Crippen LogP contribution in [0.2, 0.25) is 0 Å².